The highest BCUT2D eigenvalue weighted by Gasteiger charge is 2.74. The molecule has 5 nitrogen and oxygen atoms in total. The van der Waals surface area contributed by atoms with Crippen molar-refractivity contribution in [1.82, 2.24) is 0 Å². The van der Waals surface area contributed by atoms with E-state index >= 15 is 0 Å². The van der Waals surface area contributed by atoms with Crippen molar-refractivity contribution in [3.05, 3.63) is 0 Å². The van der Waals surface area contributed by atoms with Gasteiger partial charge in [-0.2, -0.15) is 0 Å². The Bertz CT molecular complexity index is 334. The number of ether oxygens (including phenoxy) is 4. The highest BCUT2D eigenvalue weighted by atomic mass is 16.5. The molecule has 0 N–H and O–H groups in total. The van der Waals surface area contributed by atoms with Gasteiger partial charge in [0.05, 0.1) is 37.9 Å². The zero-order valence-electron chi connectivity index (χ0n) is 11.7. The van der Waals surface area contributed by atoms with Crippen molar-refractivity contribution in [2.75, 3.05) is 34.0 Å². The summed E-state index contributed by atoms with van der Waals surface area (Å²) in [7, 11) is 3.42. The van der Waals surface area contributed by atoms with Crippen molar-refractivity contribution in [3.63, 3.8) is 0 Å². The van der Waals surface area contributed by atoms with E-state index in [1.807, 2.05) is 6.92 Å². The van der Waals surface area contributed by atoms with Gasteiger partial charge in [-0.25, -0.2) is 0 Å². The maximum absolute atomic E-state index is 11.9. The second kappa shape index (κ2) is 5.04. The number of methoxy groups -OCH3 is 2. The first-order valence-electron chi connectivity index (χ1n) is 7.04. The van der Waals surface area contributed by atoms with Crippen LogP contribution >= 0.6 is 0 Å². The van der Waals surface area contributed by atoms with Crippen molar-refractivity contribution in [1.29, 1.82) is 0 Å². The smallest absolute Gasteiger partial charge is 0.309 e. The van der Waals surface area contributed by atoms with Gasteiger partial charge in [-0.1, -0.05) is 0 Å². The Hall–Kier alpha value is -0.650. The van der Waals surface area contributed by atoms with Crippen LogP contribution in [0, 0.1) is 29.6 Å². The summed E-state index contributed by atoms with van der Waals surface area (Å²) in [5.74, 6) is 1.37. The van der Waals surface area contributed by atoms with Crippen LogP contribution in [0.15, 0.2) is 0 Å². The minimum absolute atomic E-state index is 0.0462. The Balaban J connectivity index is 1.71. The van der Waals surface area contributed by atoms with Gasteiger partial charge >= 0.3 is 5.97 Å². The number of hydrogen-bond acceptors (Lipinski definition) is 5. The molecule has 7 atom stereocenters. The molecule has 1 aliphatic carbocycles. The second-order valence-corrected chi connectivity index (χ2v) is 5.74. The maximum Gasteiger partial charge on any atom is 0.309 e. The third-order valence-electron chi connectivity index (χ3n) is 4.88. The van der Waals surface area contributed by atoms with E-state index in [2.05, 4.69) is 0 Å². The molecule has 5 heteroatoms. The molecule has 0 radical (unpaired) electrons. The second-order valence-electron chi connectivity index (χ2n) is 5.74. The lowest BCUT2D eigenvalue weighted by Crippen LogP contribution is -2.34. The Morgan fingerprint density at radius 1 is 1.05 bits per heavy atom. The quantitative estimate of drug-likeness (QED) is 0.666. The lowest BCUT2D eigenvalue weighted by Gasteiger charge is -2.26. The van der Waals surface area contributed by atoms with Crippen LogP contribution in [-0.2, 0) is 23.7 Å². The van der Waals surface area contributed by atoms with Crippen LogP contribution in [0.3, 0.4) is 0 Å². The molecule has 2 aliphatic heterocycles. The Labute approximate surface area is 113 Å². The van der Waals surface area contributed by atoms with Gasteiger partial charge in [0.25, 0.3) is 0 Å². The maximum atomic E-state index is 11.9. The van der Waals surface area contributed by atoms with Gasteiger partial charge in [0, 0.05) is 37.9 Å². The summed E-state index contributed by atoms with van der Waals surface area (Å²) in [6.45, 7) is 3.65. The zero-order valence-corrected chi connectivity index (χ0v) is 11.7. The Morgan fingerprint density at radius 3 is 2.00 bits per heavy atom. The monoisotopic (exact) mass is 270 g/mol. The van der Waals surface area contributed by atoms with E-state index < -0.39 is 0 Å². The van der Waals surface area contributed by atoms with Crippen LogP contribution < -0.4 is 0 Å². The van der Waals surface area contributed by atoms with Crippen molar-refractivity contribution < 1.29 is 23.7 Å². The molecule has 108 valence electrons. The van der Waals surface area contributed by atoms with E-state index in [1.165, 1.54) is 0 Å². The fourth-order valence-corrected chi connectivity index (χ4v) is 4.20. The summed E-state index contributed by atoms with van der Waals surface area (Å²) in [5.41, 5.74) is 0. The topological polar surface area (TPSA) is 54.0 Å². The Morgan fingerprint density at radius 2 is 1.58 bits per heavy atom. The molecule has 0 spiro atoms. The molecule has 2 heterocycles. The first-order chi connectivity index (χ1) is 9.24. The molecule has 3 rings (SSSR count). The minimum Gasteiger partial charge on any atom is -0.466 e. The molecule has 3 fully saturated rings. The van der Waals surface area contributed by atoms with Crippen LogP contribution in [0.25, 0.3) is 0 Å². The van der Waals surface area contributed by atoms with Gasteiger partial charge in [-0.05, 0) is 6.92 Å². The largest absolute Gasteiger partial charge is 0.466 e. The molecule has 0 aromatic carbocycles. The molecular weight excluding hydrogens is 248 g/mol. The van der Waals surface area contributed by atoms with Crippen LogP contribution in [0.1, 0.15) is 6.92 Å². The molecule has 0 aromatic rings. The number of carbonyl (C=O) groups excluding carboxylic acids is 1. The molecule has 1 unspecified atom stereocenters. The molecule has 1 saturated carbocycles. The average molecular weight is 270 g/mol. The SMILES string of the molecule is CCOC(=O)C1[C@@H]2[C@@H]3O[C@@H]([C@@H](COC)[C@H]3COC)[C@H]12. The number of fused-ring (bicyclic) bond motifs is 5. The molecule has 0 aromatic heterocycles. The third kappa shape index (κ3) is 1.90. The summed E-state index contributed by atoms with van der Waals surface area (Å²) in [6.07, 6.45) is 0.286. The predicted molar refractivity (Wildman–Crippen MR) is 66.5 cm³/mol. The van der Waals surface area contributed by atoms with Gasteiger partial charge in [0.15, 0.2) is 0 Å². The van der Waals surface area contributed by atoms with Crippen LogP contribution in [0.5, 0.6) is 0 Å². The molecule has 2 bridgehead atoms. The van der Waals surface area contributed by atoms with Crippen molar-refractivity contribution in [3.8, 4) is 0 Å². The summed E-state index contributed by atoms with van der Waals surface area (Å²) >= 11 is 0. The lowest BCUT2D eigenvalue weighted by atomic mass is 9.80. The van der Waals surface area contributed by atoms with E-state index in [0.29, 0.717) is 43.5 Å². The van der Waals surface area contributed by atoms with Gasteiger partial charge in [-0.3, -0.25) is 4.79 Å². The molecule has 2 saturated heterocycles. The summed E-state index contributed by atoms with van der Waals surface area (Å²) in [5, 5.41) is 0. The first-order valence-corrected chi connectivity index (χ1v) is 7.04. The van der Waals surface area contributed by atoms with Gasteiger partial charge in [0.1, 0.15) is 0 Å². The van der Waals surface area contributed by atoms with Crippen molar-refractivity contribution in [2.24, 2.45) is 29.6 Å². The molecular formula is C14H22O5. The number of hydrogen-bond donors (Lipinski definition) is 0. The van der Waals surface area contributed by atoms with E-state index in [0.717, 1.165) is 0 Å². The lowest BCUT2D eigenvalue weighted by molar-refractivity contribution is -0.147. The molecule has 3 aliphatic rings. The van der Waals surface area contributed by atoms with Crippen molar-refractivity contribution >= 4 is 5.97 Å². The number of esters is 1. The molecule has 0 amide bonds. The third-order valence-corrected chi connectivity index (χ3v) is 4.88. The fraction of sp³-hybridized carbons (Fsp3) is 0.929. The summed E-state index contributed by atoms with van der Waals surface area (Å²) in [4.78, 5) is 11.9. The van der Waals surface area contributed by atoms with E-state index in [4.69, 9.17) is 18.9 Å². The minimum atomic E-state index is -0.0509. The van der Waals surface area contributed by atoms with E-state index in [-0.39, 0.29) is 24.1 Å². The first kappa shape index (κ1) is 13.3. The summed E-state index contributed by atoms with van der Waals surface area (Å²) < 4.78 is 21.8. The standard InChI is InChI=1S/C14H22O5/c1-4-18-14(15)11-9-10(11)13-8(6-17-3)7(5-16-2)12(9)19-13/h7-13H,4-6H2,1-3H3/t7-,8+,9-,10+,11?,12-,13+. The zero-order chi connectivity index (χ0) is 13.6. The van der Waals surface area contributed by atoms with Gasteiger partial charge < -0.3 is 18.9 Å². The van der Waals surface area contributed by atoms with Crippen LogP contribution in [-0.4, -0.2) is 52.2 Å². The fourth-order valence-electron chi connectivity index (χ4n) is 4.20. The van der Waals surface area contributed by atoms with E-state index in [9.17, 15) is 4.79 Å². The Kier molecular flexibility index (Phi) is 3.53. The highest BCUT2D eigenvalue weighted by molar-refractivity contribution is 5.77. The number of rotatable bonds is 6. The molecule has 19 heavy (non-hydrogen) atoms. The van der Waals surface area contributed by atoms with Crippen LogP contribution in [0.2, 0.25) is 0 Å². The summed E-state index contributed by atoms with van der Waals surface area (Å²) in [6, 6.07) is 0. The van der Waals surface area contributed by atoms with Crippen LogP contribution in [0.4, 0.5) is 0 Å². The van der Waals surface area contributed by atoms with Gasteiger partial charge in [-0.15, -0.1) is 0 Å². The highest BCUT2D eigenvalue weighted by Crippen LogP contribution is 2.66. The number of carbonyl (C=O) groups is 1. The average Bonchev–Trinajstić information content (AvgIpc) is 2.91. The van der Waals surface area contributed by atoms with Gasteiger partial charge in [0.2, 0.25) is 0 Å². The normalized spacial score (nSPS) is 46.2. The van der Waals surface area contributed by atoms with E-state index in [1.54, 1.807) is 14.2 Å². The van der Waals surface area contributed by atoms with Crippen molar-refractivity contribution in [2.45, 2.75) is 19.1 Å². The predicted octanol–water partition coefficient (Wildman–Crippen LogP) is 0.718.